The number of carboxylic acids is 1. The van der Waals surface area contributed by atoms with E-state index in [0.29, 0.717) is 6.42 Å². The van der Waals surface area contributed by atoms with Crippen LogP contribution in [0.1, 0.15) is 71.1 Å². The number of hydrogen-bond acceptors (Lipinski definition) is 2. The first kappa shape index (κ1) is 21.8. The average molecular weight is 337 g/mol. The molecule has 0 radical (unpaired) electrons. The molecular formula is C20H32O2S. The Labute approximate surface area is 147 Å². The molecule has 3 heteroatoms. The highest BCUT2D eigenvalue weighted by Gasteiger charge is 2.14. The van der Waals surface area contributed by atoms with Crippen LogP contribution in [0, 0.1) is 5.92 Å². The van der Waals surface area contributed by atoms with Crippen molar-refractivity contribution in [2.75, 3.05) is 0 Å². The van der Waals surface area contributed by atoms with Crippen LogP contribution in [0.15, 0.2) is 36.5 Å². The van der Waals surface area contributed by atoms with E-state index in [1.54, 1.807) is 0 Å². The molecular weight excluding hydrogens is 304 g/mol. The number of carbonyl (C=O) groups is 1. The highest BCUT2D eigenvalue weighted by molar-refractivity contribution is 7.78. The second kappa shape index (κ2) is 17.1. The number of unbranched alkanes of at least 4 members (excludes halogenated alkanes) is 4. The molecule has 0 spiro atoms. The fourth-order valence-corrected chi connectivity index (χ4v) is 2.52. The molecule has 0 aromatic rings. The van der Waals surface area contributed by atoms with Crippen LogP contribution < -0.4 is 0 Å². The van der Waals surface area contributed by atoms with Gasteiger partial charge < -0.3 is 5.11 Å². The van der Waals surface area contributed by atoms with E-state index >= 15 is 0 Å². The van der Waals surface area contributed by atoms with Crippen molar-refractivity contribution in [3.63, 3.8) is 0 Å². The molecule has 1 N–H and O–H groups in total. The molecule has 130 valence electrons. The van der Waals surface area contributed by atoms with Gasteiger partial charge in [-0.15, -0.1) is 0 Å². The first-order valence-corrected chi connectivity index (χ1v) is 9.30. The second-order valence-corrected chi connectivity index (χ2v) is 6.06. The quantitative estimate of drug-likeness (QED) is 0.217. The predicted octanol–water partition coefficient (Wildman–Crippen LogP) is 6.28. The summed E-state index contributed by atoms with van der Waals surface area (Å²) in [6, 6.07) is 0. The van der Waals surface area contributed by atoms with Crippen molar-refractivity contribution < 1.29 is 9.90 Å². The number of allylic oxidation sites excluding steroid dienone is 6. The van der Waals surface area contributed by atoms with Gasteiger partial charge in [0.2, 0.25) is 0 Å². The first-order chi connectivity index (χ1) is 11.2. The number of aliphatic carboxylic acids is 1. The van der Waals surface area contributed by atoms with Gasteiger partial charge in [0.15, 0.2) is 0 Å². The Hall–Kier alpha value is -1.22. The van der Waals surface area contributed by atoms with Crippen molar-refractivity contribution in [2.45, 2.75) is 71.1 Å². The SMILES string of the molecule is CC/C=C\C/C=C\C/C=C\CCCCCCC(CC=S)C(=O)O. The third kappa shape index (κ3) is 15.4. The third-order valence-corrected chi connectivity index (χ3v) is 3.88. The Balaban J connectivity index is 3.48. The number of carboxylic acid groups (broad SMARTS) is 1. The average Bonchev–Trinajstić information content (AvgIpc) is 2.54. The summed E-state index contributed by atoms with van der Waals surface area (Å²) in [6.45, 7) is 2.15. The van der Waals surface area contributed by atoms with E-state index in [4.69, 9.17) is 17.3 Å². The molecule has 0 saturated carbocycles. The predicted molar refractivity (Wildman–Crippen MR) is 104 cm³/mol. The molecule has 0 aromatic heterocycles. The highest BCUT2D eigenvalue weighted by Crippen LogP contribution is 2.14. The van der Waals surface area contributed by atoms with Crippen LogP contribution in [0.3, 0.4) is 0 Å². The number of rotatable bonds is 15. The molecule has 0 saturated heterocycles. The zero-order valence-electron chi connectivity index (χ0n) is 14.5. The van der Waals surface area contributed by atoms with Crippen molar-refractivity contribution >= 4 is 23.6 Å². The monoisotopic (exact) mass is 336 g/mol. The largest absolute Gasteiger partial charge is 0.481 e. The summed E-state index contributed by atoms with van der Waals surface area (Å²) in [5, 5.41) is 10.6. The Kier molecular flexibility index (Phi) is 16.2. The lowest BCUT2D eigenvalue weighted by Gasteiger charge is -2.08. The van der Waals surface area contributed by atoms with Gasteiger partial charge in [0.05, 0.1) is 5.92 Å². The smallest absolute Gasteiger partial charge is 0.306 e. The summed E-state index contributed by atoms with van der Waals surface area (Å²) in [6.07, 6.45) is 23.2. The first-order valence-electron chi connectivity index (χ1n) is 8.83. The van der Waals surface area contributed by atoms with Crippen LogP contribution in [0.25, 0.3) is 0 Å². The molecule has 0 bridgehead atoms. The summed E-state index contributed by atoms with van der Waals surface area (Å²) in [5.74, 6) is -1.00. The van der Waals surface area contributed by atoms with E-state index in [2.05, 4.69) is 43.4 Å². The van der Waals surface area contributed by atoms with Gasteiger partial charge in [0.1, 0.15) is 0 Å². The minimum atomic E-state index is -0.715. The molecule has 0 heterocycles. The molecule has 23 heavy (non-hydrogen) atoms. The Morgan fingerprint density at radius 3 is 2.17 bits per heavy atom. The zero-order valence-corrected chi connectivity index (χ0v) is 15.3. The van der Waals surface area contributed by atoms with Gasteiger partial charge in [-0.3, -0.25) is 4.79 Å². The van der Waals surface area contributed by atoms with E-state index in [1.807, 2.05) is 0 Å². The van der Waals surface area contributed by atoms with E-state index in [-0.39, 0.29) is 5.92 Å². The summed E-state index contributed by atoms with van der Waals surface area (Å²) in [7, 11) is 0. The van der Waals surface area contributed by atoms with Gasteiger partial charge in [-0.1, -0.05) is 74.9 Å². The molecule has 2 nitrogen and oxygen atoms in total. The lowest BCUT2D eigenvalue weighted by Crippen LogP contribution is -2.13. The summed E-state index contributed by atoms with van der Waals surface area (Å²) in [4.78, 5) is 11.0. The van der Waals surface area contributed by atoms with Crippen LogP contribution in [-0.4, -0.2) is 16.4 Å². The molecule has 0 rings (SSSR count). The van der Waals surface area contributed by atoms with Crippen LogP contribution >= 0.6 is 12.2 Å². The lowest BCUT2D eigenvalue weighted by molar-refractivity contribution is -0.141. The van der Waals surface area contributed by atoms with Crippen molar-refractivity contribution in [3.8, 4) is 0 Å². The van der Waals surface area contributed by atoms with Crippen LogP contribution in [-0.2, 0) is 4.79 Å². The van der Waals surface area contributed by atoms with E-state index < -0.39 is 5.97 Å². The number of thiocarbonyl (C=S) groups is 1. The molecule has 0 aliphatic rings. The molecule has 1 atom stereocenters. The normalized spacial score (nSPS) is 13.3. The fourth-order valence-electron chi connectivity index (χ4n) is 2.29. The maximum absolute atomic E-state index is 11.0. The zero-order chi connectivity index (χ0) is 17.2. The minimum absolute atomic E-state index is 0.286. The van der Waals surface area contributed by atoms with Crippen LogP contribution in [0.5, 0.6) is 0 Å². The maximum atomic E-state index is 11.0. The van der Waals surface area contributed by atoms with Gasteiger partial charge in [-0.25, -0.2) is 0 Å². The topological polar surface area (TPSA) is 37.3 Å². The maximum Gasteiger partial charge on any atom is 0.306 e. The van der Waals surface area contributed by atoms with Crippen molar-refractivity contribution in [2.24, 2.45) is 5.92 Å². The van der Waals surface area contributed by atoms with E-state index in [0.717, 1.165) is 44.9 Å². The second-order valence-electron chi connectivity index (χ2n) is 5.72. The van der Waals surface area contributed by atoms with Gasteiger partial charge in [0.25, 0.3) is 0 Å². The molecule has 0 fully saturated rings. The summed E-state index contributed by atoms with van der Waals surface area (Å²) < 4.78 is 0. The van der Waals surface area contributed by atoms with E-state index in [9.17, 15) is 4.79 Å². The van der Waals surface area contributed by atoms with E-state index in [1.165, 1.54) is 18.2 Å². The van der Waals surface area contributed by atoms with Crippen LogP contribution in [0.4, 0.5) is 0 Å². The standard InChI is InChI=1S/C20H32O2S/c1-2-3-4-5-6-7-8-9-10-11-12-13-14-15-16-19(17-18-23)20(21)22/h3-4,6-7,9-10,18-19H,2,5,8,11-17H2,1H3,(H,21,22)/b4-3-,7-6-,10-9-. The molecule has 0 aromatic carbocycles. The highest BCUT2D eigenvalue weighted by atomic mass is 32.1. The minimum Gasteiger partial charge on any atom is -0.481 e. The van der Waals surface area contributed by atoms with Gasteiger partial charge in [-0.2, -0.15) is 0 Å². The summed E-state index contributed by atoms with van der Waals surface area (Å²) in [5.41, 5.74) is 0. The molecule has 0 aliphatic heterocycles. The van der Waals surface area contributed by atoms with Gasteiger partial charge in [0, 0.05) is 0 Å². The van der Waals surface area contributed by atoms with Gasteiger partial charge in [-0.05, 0) is 50.3 Å². The molecule has 0 amide bonds. The van der Waals surface area contributed by atoms with Crippen molar-refractivity contribution in [1.82, 2.24) is 0 Å². The van der Waals surface area contributed by atoms with Crippen molar-refractivity contribution in [1.29, 1.82) is 0 Å². The fraction of sp³-hybridized carbons (Fsp3) is 0.600. The number of hydrogen-bond donors (Lipinski definition) is 1. The molecule has 0 aliphatic carbocycles. The third-order valence-electron chi connectivity index (χ3n) is 3.68. The van der Waals surface area contributed by atoms with Crippen molar-refractivity contribution in [3.05, 3.63) is 36.5 Å². The Morgan fingerprint density at radius 1 is 0.957 bits per heavy atom. The lowest BCUT2D eigenvalue weighted by atomic mass is 9.98. The van der Waals surface area contributed by atoms with Gasteiger partial charge >= 0.3 is 5.97 Å². The summed E-state index contributed by atoms with van der Waals surface area (Å²) >= 11 is 4.75. The van der Waals surface area contributed by atoms with Crippen LogP contribution in [0.2, 0.25) is 0 Å². The molecule has 1 unspecified atom stereocenters. The Bertz CT molecular complexity index is 383. The Morgan fingerprint density at radius 2 is 1.57 bits per heavy atom.